The van der Waals surface area contributed by atoms with E-state index in [1.165, 1.54) is 0 Å². The first-order valence-electron chi connectivity index (χ1n) is 3.38. The number of nitrogens with zero attached hydrogens (tertiary/aromatic N) is 1. The van der Waals surface area contributed by atoms with E-state index in [2.05, 4.69) is 0 Å². The molecule has 0 bridgehead atoms. The van der Waals surface area contributed by atoms with Gasteiger partial charge in [-0.3, -0.25) is 10.2 Å². The van der Waals surface area contributed by atoms with Crippen LogP contribution in [0.4, 0.5) is 0 Å². The van der Waals surface area contributed by atoms with Gasteiger partial charge in [-0.2, -0.15) is 0 Å². The molecule has 1 aliphatic heterocycles. The molecule has 0 saturated carbocycles. The topological polar surface area (TPSA) is 46.2 Å². The highest BCUT2D eigenvalue weighted by Gasteiger charge is 2.52. The molecule has 3 nitrogen and oxygen atoms in total. The van der Waals surface area contributed by atoms with Gasteiger partial charge >= 0.3 is 0 Å². The van der Waals surface area contributed by atoms with Gasteiger partial charge in [0.25, 0.3) is 5.85 Å². The van der Waals surface area contributed by atoms with E-state index in [1.54, 1.807) is 0 Å². The number of rotatable bonds is 2. The summed E-state index contributed by atoms with van der Waals surface area (Å²) in [4.78, 5) is 0. The SMILES string of the molecule is CCC(N)(O)[N+]1(C)CC1. The number of hydrogen-bond donors (Lipinski definition) is 2. The Morgan fingerprint density at radius 3 is 2.22 bits per heavy atom. The predicted octanol–water partition coefficient (Wildman–Crippen LogP) is -0.539. The van der Waals surface area contributed by atoms with Crippen LogP contribution in [0.25, 0.3) is 0 Å². The van der Waals surface area contributed by atoms with Crippen molar-refractivity contribution < 1.29 is 9.59 Å². The van der Waals surface area contributed by atoms with E-state index in [9.17, 15) is 5.11 Å². The molecule has 0 aromatic heterocycles. The van der Waals surface area contributed by atoms with Crippen molar-refractivity contribution in [3.63, 3.8) is 0 Å². The van der Waals surface area contributed by atoms with Crippen molar-refractivity contribution in [2.75, 3.05) is 20.1 Å². The average molecular weight is 131 g/mol. The fourth-order valence-electron chi connectivity index (χ4n) is 0.919. The summed E-state index contributed by atoms with van der Waals surface area (Å²) in [7, 11) is 1.98. The Balaban J connectivity index is 2.58. The van der Waals surface area contributed by atoms with Crippen LogP contribution in [0.2, 0.25) is 0 Å². The number of aliphatic hydroxyl groups is 1. The van der Waals surface area contributed by atoms with Crippen LogP contribution >= 0.6 is 0 Å². The highest BCUT2D eigenvalue weighted by atomic mass is 16.3. The monoisotopic (exact) mass is 131 g/mol. The van der Waals surface area contributed by atoms with E-state index in [0.29, 0.717) is 10.9 Å². The Hall–Kier alpha value is -0.120. The van der Waals surface area contributed by atoms with E-state index < -0.39 is 5.85 Å². The number of likely N-dealkylation sites (N-methyl/N-ethyl adjacent to an activating group) is 1. The highest BCUT2D eigenvalue weighted by molar-refractivity contribution is 4.64. The molecule has 1 heterocycles. The molecule has 54 valence electrons. The van der Waals surface area contributed by atoms with Crippen molar-refractivity contribution in [3.05, 3.63) is 0 Å². The van der Waals surface area contributed by atoms with Gasteiger partial charge in [-0.1, -0.05) is 6.92 Å². The van der Waals surface area contributed by atoms with Gasteiger partial charge < -0.3 is 5.11 Å². The standard InChI is InChI=1S/C6H15N2O/c1-3-6(7,9)8(2)4-5-8/h9H,3-5,7H2,1-2H3/q+1. The second-order valence-corrected chi connectivity index (χ2v) is 3.08. The third kappa shape index (κ3) is 0.956. The van der Waals surface area contributed by atoms with Crippen LogP contribution in [0.5, 0.6) is 0 Å². The number of hydrogen-bond acceptors (Lipinski definition) is 2. The zero-order valence-electron chi connectivity index (χ0n) is 6.09. The van der Waals surface area contributed by atoms with Crippen LogP contribution < -0.4 is 5.73 Å². The van der Waals surface area contributed by atoms with Gasteiger partial charge in [0.2, 0.25) is 0 Å². The molecular formula is C6H15N2O+. The van der Waals surface area contributed by atoms with Gasteiger partial charge in [0.1, 0.15) is 13.1 Å². The molecule has 1 rings (SSSR count). The lowest BCUT2D eigenvalue weighted by Gasteiger charge is -2.28. The molecule has 0 aliphatic carbocycles. The smallest absolute Gasteiger partial charge is 0.258 e. The van der Waals surface area contributed by atoms with Gasteiger partial charge in [0.15, 0.2) is 0 Å². The molecule has 0 amide bonds. The first-order valence-corrected chi connectivity index (χ1v) is 3.38. The molecule has 0 aromatic rings. The van der Waals surface area contributed by atoms with Gasteiger partial charge in [0.05, 0.1) is 7.05 Å². The Bertz CT molecular complexity index is 118. The van der Waals surface area contributed by atoms with Crippen LogP contribution in [-0.4, -0.2) is 35.6 Å². The van der Waals surface area contributed by atoms with Crippen LogP contribution in [0, 0.1) is 0 Å². The highest BCUT2D eigenvalue weighted by Crippen LogP contribution is 2.27. The van der Waals surface area contributed by atoms with Crippen LogP contribution in [0.1, 0.15) is 13.3 Å². The molecule has 1 aliphatic rings. The zero-order chi connectivity index (χ0) is 7.12. The predicted molar refractivity (Wildman–Crippen MR) is 35.3 cm³/mol. The summed E-state index contributed by atoms with van der Waals surface area (Å²) in [6.07, 6.45) is 0.628. The average Bonchev–Trinajstić information content (AvgIpc) is 2.49. The molecule has 0 aromatic carbocycles. The molecule has 0 radical (unpaired) electrons. The molecule has 1 atom stereocenters. The fraction of sp³-hybridized carbons (Fsp3) is 1.00. The van der Waals surface area contributed by atoms with E-state index in [4.69, 9.17) is 5.73 Å². The largest absolute Gasteiger partial charge is 0.330 e. The van der Waals surface area contributed by atoms with E-state index in [1.807, 2.05) is 14.0 Å². The Morgan fingerprint density at radius 1 is 1.67 bits per heavy atom. The van der Waals surface area contributed by atoms with E-state index in [0.717, 1.165) is 13.1 Å². The second-order valence-electron chi connectivity index (χ2n) is 3.08. The van der Waals surface area contributed by atoms with Crippen LogP contribution in [0.3, 0.4) is 0 Å². The van der Waals surface area contributed by atoms with E-state index >= 15 is 0 Å². The lowest BCUT2D eigenvalue weighted by molar-refractivity contribution is -0.870. The number of nitrogens with two attached hydrogens (primary N) is 1. The second kappa shape index (κ2) is 1.68. The lowest BCUT2D eigenvalue weighted by Crippen LogP contribution is -2.56. The molecule has 1 fully saturated rings. The zero-order valence-corrected chi connectivity index (χ0v) is 6.09. The molecule has 3 heteroatoms. The van der Waals surface area contributed by atoms with Crippen LogP contribution in [-0.2, 0) is 0 Å². The minimum absolute atomic E-state index is 0.628. The first kappa shape index (κ1) is 6.99. The van der Waals surface area contributed by atoms with Gasteiger partial charge in [-0.05, 0) is 0 Å². The van der Waals surface area contributed by atoms with Crippen molar-refractivity contribution in [3.8, 4) is 0 Å². The van der Waals surface area contributed by atoms with Crippen molar-refractivity contribution >= 4 is 0 Å². The summed E-state index contributed by atoms with van der Waals surface area (Å²) < 4.78 is 0.628. The summed E-state index contributed by atoms with van der Waals surface area (Å²) in [6, 6.07) is 0. The quantitative estimate of drug-likeness (QED) is 0.300. The Morgan fingerprint density at radius 2 is 2.11 bits per heavy atom. The van der Waals surface area contributed by atoms with Gasteiger partial charge in [0, 0.05) is 6.42 Å². The summed E-state index contributed by atoms with van der Waals surface area (Å²) in [5, 5.41) is 9.47. The third-order valence-electron chi connectivity index (χ3n) is 2.35. The Kier molecular flexibility index (Phi) is 1.31. The van der Waals surface area contributed by atoms with Crippen molar-refractivity contribution in [2.24, 2.45) is 5.73 Å². The first-order chi connectivity index (χ1) is 4.02. The third-order valence-corrected chi connectivity index (χ3v) is 2.35. The van der Waals surface area contributed by atoms with Crippen molar-refractivity contribution in [1.29, 1.82) is 0 Å². The summed E-state index contributed by atoms with van der Waals surface area (Å²) in [6.45, 7) is 3.93. The molecule has 3 N–H and O–H groups in total. The van der Waals surface area contributed by atoms with Crippen molar-refractivity contribution in [1.82, 2.24) is 0 Å². The fourth-order valence-corrected chi connectivity index (χ4v) is 0.919. The molecule has 9 heavy (non-hydrogen) atoms. The molecule has 0 spiro atoms. The van der Waals surface area contributed by atoms with Crippen LogP contribution in [0.15, 0.2) is 0 Å². The summed E-state index contributed by atoms with van der Waals surface area (Å²) >= 11 is 0. The van der Waals surface area contributed by atoms with Gasteiger partial charge in [-0.15, -0.1) is 0 Å². The van der Waals surface area contributed by atoms with E-state index in [-0.39, 0.29) is 0 Å². The molecule has 1 unspecified atom stereocenters. The molecule has 1 saturated heterocycles. The number of quaternary nitrogens is 1. The maximum absolute atomic E-state index is 9.47. The normalized spacial score (nSPS) is 29.3. The Labute approximate surface area is 55.7 Å². The summed E-state index contributed by atoms with van der Waals surface area (Å²) in [5.41, 5.74) is 5.58. The minimum atomic E-state index is -0.972. The maximum Gasteiger partial charge on any atom is 0.258 e. The molecular weight excluding hydrogens is 116 g/mol. The lowest BCUT2D eigenvalue weighted by atomic mass is 10.3. The van der Waals surface area contributed by atoms with Crippen molar-refractivity contribution in [2.45, 2.75) is 19.2 Å². The summed E-state index contributed by atoms with van der Waals surface area (Å²) in [5.74, 6) is -0.972. The minimum Gasteiger partial charge on any atom is -0.330 e. The van der Waals surface area contributed by atoms with Gasteiger partial charge in [-0.25, -0.2) is 0 Å². The maximum atomic E-state index is 9.47.